The molecule has 0 aromatic heterocycles. The molecule has 12 heavy (non-hydrogen) atoms. The van der Waals surface area contributed by atoms with Crippen molar-refractivity contribution in [3.8, 4) is 0 Å². The van der Waals surface area contributed by atoms with Crippen molar-refractivity contribution >= 4 is 0 Å². The first-order chi connectivity index (χ1) is 5.75. The van der Waals surface area contributed by atoms with Gasteiger partial charge in [-0.15, -0.1) is 0 Å². The van der Waals surface area contributed by atoms with Gasteiger partial charge in [0, 0.05) is 25.2 Å². The van der Waals surface area contributed by atoms with E-state index in [1.54, 1.807) is 0 Å². The summed E-state index contributed by atoms with van der Waals surface area (Å²) in [6, 6.07) is 1.97. The molecule has 2 aliphatic heterocycles. The second-order valence-corrected chi connectivity index (χ2v) is 4.11. The standard InChI is InChI=1S/C9H18N2O/c1-7-3-11(4-8(2)10-7)9-5-12-6-9/h7-10H,3-6H2,1-2H3. The van der Waals surface area contributed by atoms with Gasteiger partial charge < -0.3 is 10.1 Å². The SMILES string of the molecule is CC1CN(C2COC2)CC(C)N1. The average molecular weight is 170 g/mol. The Morgan fingerprint density at radius 3 is 2.17 bits per heavy atom. The molecule has 0 aromatic rings. The number of rotatable bonds is 1. The van der Waals surface area contributed by atoms with E-state index in [4.69, 9.17) is 4.74 Å². The Labute approximate surface area is 74.1 Å². The summed E-state index contributed by atoms with van der Waals surface area (Å²) in [6.45, 7) is 8.75. The number of hydrogen-bond acceptors (Lipinski definition) is 3. The van der Waals surface area contributed by atoms with Crippen molar-refractivity contribution in [2.24, 2.45) is 0 Å². The van der Waals surface area contributed by atoms with Crippen LogP contribution in [0.15, 0.2) is 0 Å². The number of nitrogens with zero attached hydrogens (tertiary/aromatic N) is 1. The topological polar surface area (TPSA) is 24.5 Å². The summed E-state index contributed by atoms with van der Waals surface area (Å²) in [4.78, 5) is 2.55. The van der Waals surface area contributed by atoms with Crippen LogP contribution in [0.1, 0.15) is 13.8 Å². The van der Waals surface area contributed by atoms with Crippen LogP contribution in [-0.2, 0) is 4.74 Å². The second kappa shape index (κ2) is 3.32. The fourth-order valence-electron chi connectivity index (χ4n) is 2.10. The highest BCUT2D eigenvalue weighted by Gasteiger charge is 2.30. The van der Waals surface area contributed by atoms with Gasteiger partial charge in [0.25, 0.3) is 0 Å². The molecular formula is C9H18N2O. The third-order valence-corrected chi connectivity index (χ3v) is 2.72. The van der Waals surface area contributed by atoms with E-state index >= 15 is 0 Å². The quantitative estimate of drug-likeness (QED) is 0.602. The molecule has 0 aliphatic carbocycles. The molecule has 2 unspecified atom stereocenters. The van der Waals surface area contributed by atoms with Gasteiger partial charge in [-0.3, -0.25) is 4.90 Å². The first kappa shape index (κ1) is 8.48. The van der Waals surface area contributed by atoms with E-state index in [0.717, 1.165) is 13.2 Å². The van der Waals surface area contributed by atoms with Gasteiger partial charge in [-0.05, 0) is 13.8 Å². The number of ether oxygens (including phenoxy) is 1. The Bertz CT molecular complexity index is 149. The average Bonchev–Trinajstić information content (AvgIpc) is 1.79. The minimum atomic E-state index is 0.634. The maximum absolute atomic E-state index is 5.20. The van der Waals surface area contributed by atoms with E-state index in [0.29, 0.717) is 18.1 Å². The Hall–Kier alpha value is -0.120. The van der Waals surface area contributed by atoms with Crippen LogP contribution in [0.25, 0.3) is 0 Å². The molecule has 2 aliphatic rings. The van der Waals surface area contributed by atoms with Crippen LogP contribution in [0.5, 0.6) is 0 Å². The van der Waals surface area contributed by atoms with Crippen molar-refractivity contribution in [1.82, 2.24) is 10.2 Å². The highest BCUT2D eigenvalue weighted by atomic mass is 16.5. The zero-order valence-electron chi connectivity index (χ0n) is 7.92. The molecular weight excluding hydrogens is 152 g/mol. The molecule has 3 heteroatoms. The molecule has 2 heterocycles. The van der Waals surface area contributed by atoms with E-state index < -0.39 is 0 Å². The molecule has 2 rings (SSSR count). The maximum Gasteiger partial charge on any atom is 0.0645 e. The lowest BCUT2D eigenvalue weighted by Gasteiger charge is -2.44. The Kier molecular flexibility index (Phi) is 2.35. The molecule has 0 saturated carbocycles. The third kappa shape index (κ3) is 1.63. The summed E-state index contributed by atoms with van der Waals surface area (Å²) < 4.78 is 5.20. The summed E-state index contributed by atoms with van der Waals surface area (Å²) in [5.41, 5.74) is 0. The van der Waals surface area contributed by atoms with E-state index in [2.05, 4.69) is 24.1 Å². The predicted octanol–water partition coefficient (Wildman–Crippen LogP) is 0.0674. The number of hydrogen-bond donors (Lipinski definition) is 1. The monoisotopic (exact) mass is 170 g/mol. The minimum absolute atomic E-state index is 0.634. The molecule has 0 bridgehead atoms. The van der Waals surface area contributed by atoms with Gasteiger partial charge >= 0.3 is 0 Å². The third-order valence-electron chi connectivity index (χ3n) is 2.72. The Morgan fingerprint density at radius 1 is 1.17 bits per heavy atom. The summed E-state index contributed by atoms with van der Waals surface area (Å²) in [5.74, 6) is 0. The van der Waals surface area contributed by atoms with Gasteiger partial charge in [0.2, 0.25) is 0 Å². The molecule has 1 N–H and O–H groups in total. The van der Waals surface area contributed by atoms with Gasteiger partial charge in [0.05, 0.1) is 19.3 Å². The van der Waals surface area contributed by atoms with Crippen molar-refractivity contribution in [2.45, 2.75) is 32.0 Å². The van der Waals surface area contributed by atoms with Crippen LogP contribution in [0.3, 0.4) is 0 Å². The second-order valence-electron chi connectivity index (χ2n) is 4.11. The number of piperazine rings is 1. The molecule has 0 spiro atoms. The van der Waals surface area contributed by atoms with E-state index in [1.807, 2.05) is 0 Å². The van der Waals surface area contributed by atoms with E-state index in [1.165, 1.54) is 13.1 Å². The molecule has 70 valence electrons. The van der Waals surface area contributed by atoms with Crippen molar-refractivity contribution in [2.75, 3.05) is 26.3 Å². The first-order valence-corrected chi connectivity index (χ1v) is 4.83. The van der Waals surface area contributed by atoms with Gasteiger partial charge in [0.15, 0.2) is 0 Å². The molecule has 2 atom stereocenters. The largest absolute Gasteiger partial charge is 0.378 e. The van der Waals surface area contributed by atoms with Crippen LogP contribution in [-0.4, -0.2) is 49.3 Å². The zero-order chi connectivity index (χ0) is 8.55. The molecule has 0 aromatic carbocycles. The molecule has 0 amide bonds. The van der Waals surface area contributed by atoms with Crippen LogP contribution in [0, 0.1) is 0 Å². The maximum atomic E-state index is 5.20. The van der Waals surface area contributed by atoms with Crippen molar-refractivity contribution in [3.63, 3.8) is 0 Å². The van der Waals surface area contributed by atoms with Crippen LogP contribution in [0.4, 0.5) is 0 Å². The molecule has 0 radical (unpaired) electrons. The first-order valence-electron chi connectivity index (χ1n) is 4.83. The number of nitrogens with one attached hydrogen (secondary N) is 1. The lowest BCUT2D eigenvalue weighted by atomic mass is 10.1. The van der Waals surface area contributed by atoms with Gasteiger partial charge in [-0.2, -0.15) is 0 Å². The molecule has 2 saturated heterocycles. The summed E-state index contributed by atoms with van der Waals surface area (Å²) in [7, 11) is 0. The highest BCUT2D eigenvalue weighted by molar-refractivity contribution is 4.87. The van der Waals surface area contributed by atoms with E-state index in [9.17, 15) is 0 Å². The summed E-state index contributed by atoms with van der Waals surface area (Å²) in [6.07, 6.45) is 0. The van der Waals surface area contributed by atoms with Gasteiger partial charge in [-0.25, -0.2) is 0 Å². The predicted molar refractivity (Wildman–Crippen MR) is 48.2 cm³/mol. The zero-order valence-corrected chi connectivity index (χ0v) is 7.92. The Morgan fingerprint density at radius 2 is 1.75 bits per heavy atom. The highest BCUT2D eigenvalue weighted by Crippen LogP contribution is 2.14. The molecule has 2 fully saturated rings. The van der Waals surface area contributed by atoms with Crippen LogP contribution >= 0.6 is 0 Å². The smallest absolute Gasteiger partial charge is 0.0645 e. The Balaban J connectivity index is 1.87. The normalized spacial score (nSPS) is 39.5. The fourth-order valence-corrected chi connectivity index (χ4v) is 2.10. The fraction of sp³-hybridized carbons (Fsp3) is 1.00. The minimum Gasteiger partial charge on any atom is -0.378 e. The van der Waals surface area contributed by atoms with Crippen molar-refractivity contribution in [3.05, 3.63) is 0 Å². The van der Waals surface area contributed by atoms with Crippen LogP contribution in [0.2, 0.25) is 0 Å². The summed E-state index contributed by atoms with van der Waals surface area (Å²) >= 11 is 0. The lowest BCUT2D eigenvalue weighted by Crippen LogP contribution is -2.61. The lowest BCUT2D eigenvalue weighted by molar-refractivity contribution is -0.0756. The van der Waals surface area contributed by atoms with Crippen molar-refractivity contribution < 1.29 is 4.74 Å². The van der Waals surface area contributed by atoms with Gasteiger partial charge in [0.1, 0.15) is 0 Å². The van der Waals surface area contributed by atoms with Gasteiger partial charge in [-0.1, -0.05) is 0 Å². The molecule has 3 nitrogen and oxygen atoms in total. The van der Waals surface area contributed by atoms with E-state index in [-0.39, 0.29) is 0 Å². The van der Waals surface area contributed by atoms with Crippen LogP contribution < -0.4 is 5.32 Å². The summed E-state index contributed by atoms with van der Waals surface area (Å²) in [5, 5.41) is 3.53. The van der Waals surface area contributed by atoms with Crippen molar-refractivity contribution in [1.29, 1.82) is 0 Å².